The van der Waals surface area contributed by atoms with Crippen molar-refractivity contribution in [3.8, 4) is 11.4 Å². The first-order chi connectivity index (χ1) is 11.4. The molecule has 8 heteroatoms. The maximum atomic E-state index is 12.2. The molecular weight excluding hydrogens is 323 g/mol. The molecule has 1 aliphatic heterocycles. The number of ether oxygens (including phenoxy) is 2. The summed E-state index contributed by atoms with van der Waals surface area (Å²) in [5.74, 6) is 1.53. The Kier molecular flexibility index (Phi) is 4.75. The van der Waals surface area contributed by atoms with E-state index >= 15 is 0 Å². The van der Waals surface area contributed by atoms with Gasteiger partial charge in [0.1, 0.15) is 17.4 Å². The fourth-order valence-electron chi connectivity index (χ4n) is 2.81. The second-order valence-corrected chi connectivity index (χ2v) is 5.82. The van der Waals surface area contributed by atoms with E-state index in [1.807, 2.05) is 0 Å². The van der Waals surface area contributed by atoms with Crippen LogP contribution in [0.15, 0.2) is 24.3 Å². The van der Waals surface area contributed by atoms with Gasteiger partial charge in [-0.1, -0.05) is 0 Å². The maximum Gasteiger partial charge on any atom is 0.573 e. The van der Waals surface area contributed by atoms with E-state index in [0.29, 0.717) is 24.0 Å². The zero-order valence-electron chi connectivity index (χ0n) is 13.2. The molecule has 0 spiro atoms. The molecule has 0 saturated carbocycles. The highest BCUT2D eigenvalue weighted by molar-refractivity contribution is 5.37. The minimum Gasteiger partial charge on any atom is -0.406 e. The van der Waals surface area contributed by atoms with Crippen LogP contribution in [0.1, 0.15) is 24.5 Å². The van der Waals surface area contributed by atoms with Gasteiger partial charge >= 0.3 is 6.36 Å². The molecule has 0 aliphatic carbocycles. The summed E-state index contributed by atoms with van der Waals surface area (Å²) >= 11 is 0. The number of hydrogen-bond acceptors (Lipinski definition) is 4. The largest absolute Gasteiger partial charge is 0.573 e. The van der Waals surface area contributed by atoms with E-state index in [4.69, 9.17) is 4.74 Å². The average molecular weight is 341 g/mol. The highest BCUT2D eigenvalue weighted by atomic mass is 19.4. The Bertz CT molecular complexity index is 677. The smallest absolute Gasteiger partial charge is 0.406 e. The fraction of sp³-hybridized carbons (Fsp3) is 0.500. The van der Waals surface area contributed by atoms with Crippen molar-refractivity contribution in [1.82, 2.24) is 14.8 Å². The predicted octanol–water partition coefficient (Wildman–Crippen LogP) is 3.44. The van der Waals surface area contributed by atoms with Crippen LogP contribution in [0.3, 0.4) is 0 Å². The van der Waals surface area contributed by atoms with Crippen molar-refractivity contribution in [2.75, 3.05) is 13.2 Å². The van der Waals surface area contributed by atoms with Crippen molar-refractivity contribution >= 4 is 0 Å². The minimum absolute atomic E-state index is 0.259. The first-order valence-electron chi connectivity index (χ1n) is 7.77. The van der Waals surface area contributed by atoms with Crippen molar-refractivity contribution in [3.05, 3.63) is 35.9 Å². The topological polar surface area (TPSA) is 49.2 Å². The van der Waals surface area contributed by atoms with Crippen molar-refractivity contribution < 1.29 is 22.6 Å². The lowest BCUT2D eigenvalue weighted by Gasteiger charge is -2.21. The van der Waals surface area contributed by atoms with Gasteiger partial charge < -0.3 is 9.47 Å². The lowest BCUT2D eigenvalue weighted by Crippen LogP contribution is -2.21. The van der Waals surface area contributed by atoms with Crippen LogP contribution in [-0.2, 0) is 11.2 Å². The summed E-state index contributed by atoms with van der Waals surface area (Å²) in [4.78, 5) is 4.45. The molecule has 1 aliphatic rings. The van der Waals surface area contributed by atoms with E-state index in [9.17, 15) is 13.2 Å². The standard InChI is InChI=1S/C16H18F3N3O2/c1-11-20-15(9-12-3-2-8-23-10-12)22(21-11)13-4-6-14(7-5-13)24-16(17,18)19/h4-7,12H,2-3,8-10H2,1H3. The molecule has 0 N–H and O–H groups in total. The first kappa shape index (κ1) is 16.8. The van der Waals surface area contributed by atoms with Crippen LogP contribution < -0.4 is 4.74 Å². The van der Waals surface area contributed by atoms with E-state index in [0.717, 1.165) is 31.7 Å². The van der Waals surface area contributed by atoms with Crippen LogP contribution in [0.2, 0.25) is 0 Å². The van der Waals surface area contributed by atoms with Gasteiger partial charge in [0, 0.05) is 19.6 Å². The summed E-state index contributed by atoms with van der Waals surface area (Å²) in [6.07, 6.45) is -1.87. The molecule has 0 bridgehead atoms. The summed E-state index contributed by atoms with van der Waals surface area (Å²) < 4.78 is 47.7. The summed E-state index contributed by atoms with van der Waals surface area (Å²) in [5.41, 5.74) is 0.650. The quantitative estimate of drug-likeness (QED) is 0.855. The van der Waals surface area contributed by atoms with Gasteiger partial charge in [0.2, 0.25) is 0 Å². The number of halogens is 3. The van der Waals surface area contributed by atoms with Gasteiger partial charge in [-0.15, -0.1) is 13.2 Å². The Morgan fingerprint density at radius 3 is 2.67 bits per heavy atom. The van der Waals surface area contributed by atoms with Crippen LogP contribution in [0, 0.1) is 12.8 Å². The summed E-state index contributed by atoms with van der Waals surface area (Å²) in [6, 6.07) is 5.62. The van der Waals surface area contributed by atoms with E-state index < -0.39 is 6.36 Å². The molecule has 3 rings (SSSR count). The molecule has 130 valence electrons. The highest BCUT2D eigenvalue weighted by Crippen LogP contribution is 2.25. The lowest BCUT2D eigenvalue weighted by molar-refractivity contribution is -0.274. The number of hydrogen-bond donors (Lipinski definition) is 0. The van der Waals surface area contributed by atoms with E-state index in [1.54, 1.807) is 11.6 Å². The normalized spacial score (nSPS) is 18.6. The van der Waals surface area contributed by atoms with Crippen molar-refractivity contribution in [1.29, 1.82) is 0 Å². The number of nitrogens with zero attached hydrogens (tertiary/aromatic N) is 3. The van der Waals surface area contributed by atoms with Crippen LogP contribution in [0.5, 0.6) is 5.75 Å². The molecule has 5 nitrogen and oxygen atoms in total. The van der Waals surface area contributed by atoms with E-state index in [2.05, 4.69) is 14.8 Å². The highest BCUT2D eigenvalue weighted by Gasteiger charge is 2.31. The zero-order valence-corrected chi connectivity index (χ0v) is 13.2. The molecular formula is C16H18F3N3O2. The number of benzene rings is 1. The molecule has 0 amide bonds. The van der Waals surface area contributed by atoms with Crippen LogP contribution >= 0.6 is 0 Å². The molecule has 1 aromatic heterocycles. The Balaban J connectivity index is 1.78. The fourth-order valence-corrected chi connectivity index (χ4v) is 2.81. The average Bonchev–Trinajstić information content (AvgIpc) is 2.88. The third kappa shape index (κ3) is 4.25. The van der Waals surface area contributed by atoms with Crippen molar-refractivity contribution in [2.24, 2.45) is 5.92 Å². The first-order valence-corrected chi connectivity index (χ1v) is 7.77. The maximum absolute atomic E-state index is 12.2. The molecule has 1 unspecified atom stereocenters. The van der Waals surface area contributed by atoms with Crippen LogP contribution in [0.25, 0.3) is 5.69 Å². The lowest BCUT2D eigenvalue weighted by atomic mass is 9.98. The number of aryl methyl sites for hydroxylation is 1. The predicted molar refractivity (Wildman–Crippen MR) is 80.0 cm³/mol. The monoisotopic (exact) mass is 341 g/mol. The molecule has 2 heterocycles. The van der Waals surface area contributed by atoms with Gasteiger partial charge in [0.25, 0.3) is 0 Å². The van der Waals surface area contributed by atoms with E-state index in [-0.39, 0.29) is 5.75 Å². The second kappa shape index (κ2) is 6.80. The Hall–Kier alpha value is -2.09. The van der Waals surface area contributed by atoms with Crippen LogP contribution in [0.4, 0.5) is 13.2 Å². The third-order valence-electron chi connectivity index (χ3n) is 3.82. The van der Waals surface area contributed by atoms with Gasteiger partial charge in [-0.25, -0.2) is 9.67 Å². The zero-order chi connectivity index (χ0) is 17.2. The third-order valence-corrected chi connectivity index (χ3v) is 3.82. The van der Waals surface area contributed by atoms with Gasteiger partial charge in [-0.3, -0.25) is 0 Å². The van der Waals surface area contributed by atoms with Gasteiger partial charge in [0.05, 0.1) is 5.69 Å². The summed E-state index contributed by atoms with van der Waals surface area (Å²) in [7, 11) is 0. The van der Waals surface area contributed by atoms with Crippen molar-refractivity contribution in [2.45, 2.75) is 32.5 Å². The van der Waals surface area contributed by atoms with Gasteiger partial charge in [-0.05, 0) is 49.9 Å². The van der Waals surface area contributed by atoms with Gasteiger partial charge in [-0.2, -0.15) is 5.10 Å². The summed E-state index contributed by atoms with van der Waals surface area (Å²) in [6.45, 7) is 3.28. The minimum atomic E-state index is -4.70. The number of aromatic nitrogens is 3. The number of rotatable bonds is 4. The second-order valence-electron chi connectivity index (χ2n) is 5.82. The summed E-state index contributed by atoms with van der Waals surface area (Å²) in [5, 5.41) is 4.35. The molecule has 0 radical (unpaired) electrons. The Morgan fingerprint density at radius 1 is 1.29 bits per heavy atom. The Labute approximate surface area is 137 Å². The van der Waals surface area contributed by atoms with E-state index in [1.165, 1.54) is 24.3 Å². The van der Waals surface area contributed by atoms with Crippen LogP contribution in [-0.4, -0.2) is 34.3 Å². The molecule has 1 fully saturated rings. The molecule has 2 aromatic rings. The Morgan fingerprint density at radius 2 is 2.04 bits per heavy atom. The van der Waals surface area contributed by atoms with Crippen molar-refractivity contribution in [3.63, 3.8) is 0 Å². The molecule has 1 atom stereocenters. The SMILES string of the molecule is Cc1nc(CC2CCCOC2)n(-c2ccc(OC(F)(F)F)cc2)n1. The molecule has 24 heavy (non-hydrogen) atoms. The molecule has 1 saturated heterocycles. The number of alkyl halides is 3. The van der Waals surface area contributed by atoms with Gasteiger partial charge in [0.15, 0.2) is 0 Å². The molecule has 1 aromatic carbocycles.